The molecule has 0 saturated carbocycles. The summed E-state index contributed by atoms with van der Waals surface area (Å²) in [5.41, 5.74) is 12.8. The summed E-state index contributed by atoms with van der Waals surface area (Å²) < 4.78 is 11.0. The number of hydrogen-bond donors (Lipinski definition) is 4. The van der Waals surface area contributed by atoms with Crippen molar-refractivity contribution in [3.8, 4) is 5.75 Å². The Morgan fingerprint density at radius 2 is 1.68 bits per heavy atom. The molecule has 12 heteroatoms. The fourth-order valence-electron chi connectivity index (χ4n) is 3.94. The number of aliphatic carboxylic acids is 1. The molecular weight excluding hydrogens is 520 g/mol. The van der Waals surface area contributed by atoms with Crippen LogP contribution < -0.4 is 16.2 Å². The number of benzene rings is 3. The van der Waals surface area contributed by atoms with Crippen LogP contribution in [0.5, 0.6) is 5.75 Å². The molecule has 1 amide bonds. The molecule has 0 atom stereocenters. The van der Waals surface area contributed by atoms with Crippen molar-refractivity contribution in [2.45, 2.75) is 13.0 Å². The topological polar surface area (TPSA) is 199 Å². The molecule has 1 aromatic heterocycles. The van der Waals surface area contributed by atoms with Crippen LogP contribution in [0.25, 0.3) is 11.0 Å². The lowest BCUT2D eigenvalue weighted by molar-refractivity contribution is -0.144. The van der Waals surface area contributed by atoms with E-state index in [1.54, 1.807) is 30.3 Å². The van der Waals surface area contributed by atoms with E-state index in [4.69, 9.17) is 20.6 Å². The van der Waals surface area contributed by atoms with E-state index < -0.39 is 30.4 Å². The predicted octanol–water partition coefficient (Wildman–Crippen LogP) is 2.91. The number of aliphatic imine (C=N–C) groups is 1. The van der Waals surface area contributed by atoms with E-state index in [2.05, 4.69) is 4.99 Å². The molecule has 4 aromatic rings. The molecule has 0 aliphatic carbocycles. The number of guanidine groups is 1. The second-order valence-corrected chi connectivity index (χ2v) is 8.72. The van der Waals surface area contributed by atoms with Crippen LogP contribution in [0.3, 0.4) is 0 Å². The van der Waals surface area contributed by atoms with E-state index in [0.717, 1.165) is 4.90 Å². The molecule has 0 saturated heterocycles. The summed E-state index contributed by atoms with van der Waals surface area (Å²) in [6.45, 7) is -0.659. The molecule has 204 valence electrons. The van der Waals surface area contributed by atoms with Gasteiger partial charge in [0.2, 0.25) is 5.91 Å². The molecule has 0 bridgehead atoms. The third-order valence-corrected chi connectivity index (χ3v) is 5.77. The van der Waals surface area contributed by atoms with Crippen LogP contribution in [-0.2, 0) is 22.6 Å². The summed E-state index contributed by atoms with van der Waals surface area (Å²) in [6.07, 6.45) is 1.21. The lowest BCUT2D eigenvalue weighted by Crippen LogP contribution is -2.36. The zero-order chi connectivity index (χ0) is 28.8. The molecular formula is C28H24N4O8. The van der Waals surface area contributed by atoms with Crippen molar-refractivity contribution in [1.82, 2.24) is 4.90 Å². The van der Waals surface area contributed by atoms with Gasteiger partial charge in [0.1, 0.15) is 17.9 Å². The number of carbonyl (C=O) groups is 4. The van der Waals surface area contributed by atoms with Crippen LogP contribution in [0, 0.1) is 0 Å². The highest BCUT2D eigenvalue weighted by atomic mass is 16.5. The molecule has 0 fully saturated rings. The van der Waals surface area contributed by atoms with Crippen molar-refractivity contribution in [3.05, 3.63) is 95.2 Å². The maximum atomic E-state index is 13.1. The Morgan fingerprint density at radius 1 is 0.925 bits per heavy atom. The van der Waals surface area contributed by atoms with Crippen molar-refractivity contribution in [2.24, 2.45) is 16.5 Å². The Morgan fingerprint density at radius 3 is 2.35 bits per heavy atom. The molecule has 0 aliphatic rings. The van der Waals surface area contributed by atoms with Gasteiger partial charge in [-0.2, -0.15) is 0 Å². The smallest absolute Gasteiger partial charge is 0.343 e. The zero-order valence-corrected chi connectivity index (χ0v) is 20.9. The summed E-state index contributed by atoms with van der Waals surface area (Å²) in [7, 11) is 0. The number of nitrogens with two attached hydrogens (primary N) is 2. The number of amides is 1. The molecule has 1 heterocycles. The van der Waals surface area contributed by atoms with E-state index in [9.17, 15) is 29.4 Å². The maximum absolute atomic E-state index is 13.1. The largest absolute Gasteiger partial charge is 0.480 e. The molecule has 0 unspecified atom stereocenters. The first-order valence-corrected chi connectivity index (χ1v) is 11.8. The Hall–Kier alpha value is -5.65. The van der Waals surface area contributed by atoms with Crippen LogP contribution >= 0.6 is 0 Å². The first-order valence-electron chi connectivity index (χ1n) is 11.8. The van der Waals surface area contributed by atoms with Crippen LogP contribution in [0.4, 0.5) is 5.69 Å². The van der Waals surface area contributed by atoms with E-state index in [1.165, 1.54) is 42.7 Å². The summed E-state index contributed by atoms with van der Waals surface area (Å²) in [5.74, 6) is -3.35. The van der Waals surface area contributed by atoms with Crippen LogP contribution in [-0.4, -0.2) is 51.4 Å². The number of carboxylic acid groups (broad SMARTS) is 2. The number of rotatable bonds is 10. The SMILES string of the molecule is NC(N)=Nc1ccc(C(=O)Oc2ccc3c(CC(=O)N(CC(=O)O)Cc4cccc(C(=O)O)c4)coc3c2)cc1. The molecule has 0 spiro atoms. The number of ether oxygens (including phenoxy) is 1. The second-order valence-electron chi connectivity index (χ2n) is 8.72. The Labute approximate surface area is 227 Å². The van der Waals surface area contributed by atoms with Crippen molar-refractivity contribution in [1.29, 1.82) is 0 Å². The molecule has 0 aliphatic heterocycles. The second kappa shape index (κ2) is 11.8. The van der Waals surface area contributed by atoms with Gasteiger partial charge in [0.15, 0.2) is 5.96 Å². The molecule has 6 N–H and O–H groups in total. The van der Waals surface area contributed by atoms with E-state index in [-0.39, 0.29) is 35.8 Å². The molecule has 0 radical (unpaired) electrons. The highest BCUT2D eigenvalue weighted by molar-refractivity contribution is 5.93. The number of nitrogens with zero attached hydrogens (tertiary/aromatic N) is 2. The van der Waals surface area contributed by atoms with Gasteiger partial charge in [-0.25, -0.2) is 14.6 Å². The van der Waals surface area contributed by atoms with Gasteiger partial charge in [-0.05, 0) is 54.1 Å². The van der Waals surface area contributed by atoms with E-state index in [1.807, 2.05) is 0 Å². The summed E-state index contributed by atoms with van der Waals surface area (Å²) >= 11 is 0. The number of esters is 1. The van der Waals surface area contributed by atoms with Gasteiger partial charge in [-0.3, -0.25) is 9.59 Å². The third-order valence-electron chi connectivity index (χ3n) is 5.77. The number of carbonyl (C=O) groups excluding carboxylic acids is 2. The van der Waals surface area contributed by atoms with E-state index >= 15 is 0 Å². The number of furan rings is 1. The van der Waals surface area contributed by atoms with E-state index in [0.29, 0.717) is 27.8 Å². The lowest BCUT2D eigenvalue weighted by Gasteiger charge is -2.21. The number of hydrogen-bond acceptors (Lipinski definition) is 7. The van der Waals surface area contributed by atoms with Crippen LogP contribution in [0.1, 0.15) is 31.8 Å². The number of aromatic carboxylic acids is 1. The van der Waals surface area contributed by atoms with Crippen molar-refractivity contribution < 1.29 is 38.5 Å². The van der Waals surface area contributed by atoms with Crippen molar-refractivity contribution in [3.63, 3.8) is 0 Å². The minimum absolute atomic E-state index is 0.0283. The lowest BCUT2D eigenvalue weighted by atomic mass is 10.1. The Kier molecular flexibility index (Phi) is 8.09. The van der Waals surface area contributed by atoms with Gasteiger partial charge in [-0.15, -0.1) is 0 Å². The minimum Gasteiger partial charge on any atom is -0.480 e. The average Bonchev–Trinajstić information content (AvgIpc) is 3.30. The summed E-state index contributed by atoms with van der Waals surface area (Å²) in [5, 5.41) is 19.1. The van der Waals surface area contributed by atoms with Gasteiger partial charge < -0.3 is 35.7 Å². The first kappa shape index (κ1) is 27.4. The van der Waals surface area contributed by atoms with Gasteiger partial charge >= 0.3 is 17.9 Å². The third kappa shape index (κ3) is 6.81. The van der Waals surface area contributed by atoms with Gasteiger partial charge in [0, 0.05) is 23.6 Å². The standard InChI is InChI=1S/C28H24N4O8/c29-28(30)31-20-6-4-17(5-7-20)27(38)40-21-8-9-22-19(15-39-23(22)12-21)11-24(33)32(14-25(34)35)13-16-2-1-3-18(10-16)26(36)37/h1-10,12,15H,11,13-14H2,(H,34,35)(H,36,37)(H4,29,30,31). The molecule has 12 nitrogen and oxygen atoms in total. The monoisotopic (exact) mass is 544 g/mol. The van der Waals surface area contributed by atoms with Crippen LogP contribution in [0.2, 0.25) is 0 Å². The highest BCUT2D eigenvalue weighted by Crippen LogP contribution is 2.27. The van der Waals surface area contributed by atoms with Crippen LogP contribution in [0.15, 0.2) is 82.4 Å². The fraction of sp³-hybridized carbons (Fsp3) is 0.107. The first-order chi connectivity index (χ1) is 19.1. The molecule has 4 rings (SSSR count). The quantitative estimate of drug-likeness (QED) is 0.0996. The van der Waals surface area contributed by atoms with Gasteiger partial charge in [-0.1, -0.05) is 12.1 Å². The highest BCUT2D eigenvalue weighted by Gasteiger charge is 2.21. The summed E-state index contributed by atoms with van der Waals surface area (Å²) in [4.78, 5) is 53.3. The average molecular weight is 545 g/mol. The maximum Gasteiger partial charge on any atom is 0.343 e. The number of carboxylic acids is 2. The Bertz CT molecular complexity index is 1620. The zero-order valence-electron chi connectivity index (χ0n) is 20.9. The minimum atomic E-state index is -1.21. The Balaban J connectivity index is 1.47. The predicted molar refractivity (Wildman–Crippen MR) is 143 cm³/mol. The normalized spacial score (nSPS) is 10.6. The van der Waals surface area contributed by atoms with Crippen molar-refractivity contribution >= 4 is 46.4 Å². The molecule has 3 aromatic carbocycles. The summed E-state index contributed by atoms with van der Waals surface area (Å²) in [6, 6.07) is 16.8. The van der Waals surface area contributed by atoms with Gasteiger partial charge in [0.05, 0.1) is 29.5 Å². The van der Waals surface area contributed by atoms with Gasteiger partial charge in [0.25, 0.3) is 0 Å². The number of fused-ring (bicyclic) bond motifs is 1. The van der Waals surface area contributed by atoms with Crippen molar-refractivity contribution in [2.75, 3.05) is 6.54 Å². The fourth-order valence-corrected chi connectivity index (χ4v) is 3.94. The molecule has 40 heavy (non-hydrogen) atoms.